The Morgan fingerprint density at radius 1 is 1.25 bits per heavy atom. The van der Waals surface area contributed by atoms with Crippen molar-refractivity contribution in [3.63, 3.8) is 0 Å². The van der Waals surface area contributed by atoms with Crippen LogP contribution in [-0.2, 0) is 9.53 Å². The number of hydrogen-bond acceptors (Lipinski definition) is 4. The summed E-state index contributed by atoms with van der Waals surface area (Å²) < 4.78 is 4.91. The molecule has 114 valence electrons. The fourth-order valence-electron chi connectivity index (χ4n) is 2.03. The number of carbonyl (C=O) groups excluding carboxylic acids is 2. The zero-order valence-corrected chi connectivity index (χ0v) is 12.5. The number of urea groups is 1. The highest BCUT2D eigenvalue weighted by molar-refractivity contribution is 5.86. The number of rotatable bonds is 6. The van der Waals surface area contributed by atoms with Gasteiger partial charge >= 0.3 is 12.0 Å². The van der Waals surface area contributed by atoms with Crippen LogP contribution in [0.15, 0.2) is 12.2 Å². The van der Waals surface area contributed by atoms with Crippen molar-refractivity contribution in [1.29, 1.82) is 0 Å². The monoisotopic (exact) mass is 283 g/mol. The van der Waals surface area contributed by atoms with Gasteiger partial charge in [0.1, 0.15) is 6.61 Å². The van der Waals surface area contributed by atoms with Crippen molar-refractivity contribution in [1.82, 2.24) is 15.1 Å². The number of piperazine rings is 1. The average molecular weight is 283 g/mol. The zero-order chi connectivity index (χ0) is 15.0. The number of carbonyl (C=O) groups is 2. The lowest BCUT2D eigenvalue weighted by Gasteiger charge is -2.34. The highest BCUT2D eigenvalue weighted by atomic mass is 16.5. The lowest BCUT2D eigenvalue weighted by Crippen LogP contribution is -2.52. The third kappa shape index (κ3) is 5.61. The number of hydrogen-bond donors (Lipinski definition) is 1. The van der Waals surface area contributed by atoms with Crippen LogP contribution < -0.4 is 5.32 Å². The fourth-order valence-corrected chi connectivity index (χ4v) is 2.03. The summed E-state index contributed by atoms with van der Waals surface area (Å²) in [6.45, 7) is 12.2. The van der Waals surface area contributed by atoms with E-state index in [0.717, 1.165) is 39.1 Å². The van der Waals surface area contributed by atoms with Gasteiger partial charge in [0, 0.05) is 31.8 Å². The molecular weight excluding hydrogens is 258 g/mol. The van der Waals surface area contributed by atoms with Gasteiger partial charge in [0.2, 0.25) is 0 Å². The Kier molecular flexibility index (Phi) is 7.08. The van der Waals surface area contributed by atoms with E-state index in [9.17, 15) is 9.59 Å². The Hall–Kier alpha value is -1.56. The molecule has 0 bridgehead atoms. The van der Waals surface area contributed by atoms with Gasteiger partial charge < -0.3 is 15.0 Å². The minimum absolute atomic E-state index is 0.0903. The van der Waals surface area contributed by atoms with Gasteiger partial charge in [-0.15, -0.1) is 0 Å². The largest absolute Gasteiger partial charge is 0.460 e. The predicted molar refractivity (Wildman–Crippen MR) is 77.5 cm³/mol. The Morgan fingerprint density at radius 2 is 1.90 bits per heavy atom. The molecule has 1 saturated heterocycles. The predicted octanol–water partition coefficient (Wildman–Crippen LogP) is 0.843. The summed E-state index contributed by atoms with van der Waals surface area (Å²) in [7, 11) is 0. The minimum Gasteiger partial charge on any atom is -0.460 e. The molecule has 0 unspecified atom stereocenters. The van der Waals surface area contributed by atoms with E-state index in [4.69, 9.17) is 4.74 Å². The van der Waals surface area contributed by atoms with E-state index in [-0.39, 0.29) is 12.6 Å². The topological polar surface area (TPSA) is 61.9 Å². The lowest BCUT2D eigenvalue weighted by molar-refractivity contribution is -0.138. The van der Waals surface area contributed by atoms with Crippen molar-refractivity contribution in [2.45, 2.75) is 20.3 Å². The van der Waals surface area contributed by atoms with Crippen molar-refractivity contribution in [2.24, 2.45) is 0 Å². The van der Waals surface area contributed by atoms with E-state index in [0.29, 0.717) is 12.1 Å². The van der Waals surface area contributed by atoms with Crippen LogP contribution in [0.2, 0.25) is 0 Å². The Labute approximate surface area is 120 Å². The average Bonchev–Trinajstić information content (AvgIpc) is 2.44. The number of nitrogens with one attached hydrogen (secondary N) is 1. The molecule has 1 aliphatic heterocycles. The van der Waals surface area contributed by atoms with Crippen molar-refractivity contribution in [2.75, 3.05) is 45.9 Å². The summed E-state index contributed by atoms with van der Waals surface area (Å²) in [5.41, 5.74) is 0.364. The highest BCUT2D eigenvalue weighted by Gasteiger charge is 2.20. The van der Waals surface area contributed by atoms with Gasteiger partial charge in [0.15, 0.2) is 0 Å². The molecule has 6 heteroatoms. The molecule has 0 radical (unpaired) electrons. The molecule has 1 aliphatic rings. The summed E-state index contributed by atoms with van der Waals surface area (Å²) in [6, 6.07) is -0.0903. The van der Waals surface area contributed by atoms with Crippen LogP contribution >= 0.6 is 0 Å². The Morgan fingerprint density at radius 3 is 2.45 bits per heavy atom. The lowest BCUT2D eigenvalue weighted by atomic mass is 10.3. The normalized spacial score (nSPS) is 15.8. The zero-order valence-electron chi connectivity index (χ0n) is 12.5. The minimum atomic E-state index is -0.424. The molecule has 1 N–H and O–H groups in total. The van der Waals surface area contributed by atoms with Gasteiger partial charge in [-0.2, -0.15) is 0 Å². The quantitative estimate of drug-likeness (QED) is 0.446. The van der Waals surface area contributed by atoms with E-state index in [1.807, 2.05) is 0 Å². The number of esters is 1. The maximum absolute atomic E-state index is 11.9. The van der Waals surface area contributed by atoms with Gasteiger partial charge in [-0.25, -0.2) is 9.59 Å². The molecule has 0 aliphatic carbocycles. The molecule has 0 atom stereocenters. The van der Waals surface area contributed by atoms with Crippen LogP contribution in [0, 0.1) is 0 Å². The van der Waals surface area contributed by atoms with Crippen LogP contribution in [0.1, 0.15) is 20.3 Å². The first-order valence-electron chi connectivity index (χ1n) is 7.12. The van der Waals surface area contributed by atoms with E-state index < -0.39 is 5.97 Å². The third-order valence-electron chi connectivity index (χ3n) is 3.16. The standard InChI is InChI=1S/C14H25N3O3/c1-4-6-16-7-9-17(10-8-16)14(19)15-5-11-20-13(18)12(2)3/h2,4-11H2,1,3H3,(H,15,19). The third-order valence-corrected chi connectivity index (χ3v) is 3.16. The summed E-state index contributed by atoms with van der Waals surface area (Å²) in [4.78, 5) is 27.2. The second-order valence-electron chi connectivity index (χ2n) is 4.98. The molecule has 2 amide bonds. The molecule has 0 aromatic carbocycles. The van der Waals surface area contributed by atoms with Gasteiger partial charge in [0.05, 0.1) is 6.54 Å². The van der Waals surface area contributed by atoms with Crippen molar-refractivity contribution < 1.29 is 14.3 Å². The maximum atomic E-state index is 11.9. The molecule has 0 saturated carbocycles. The molecule has 20 heavy (non-hydrogen) atoms. The first-order chi connectivity index (χ1) is 9.54. The smallest absolute Gasteiger partial charge is 0.333 e. The van der Waals surface area contributed by atoms with E-state index >= 15 is 0 Å². The van der Waals surface area contributed by atoms with Crippen LogP contribution in [-0.4, -0.2) is 67.7 Å². The van der Waals surface area contributed by atoms with Crippen molar-refractivity contribution in [3.8, 4) is 0 Å². The van der Waals surface area contributed by atoms with Gasteiger partial charge in [0.25, 0.3) is 0 Å². The summed E-state index contributed by atoms with van der Waals surface area (Å²) in [6.07, 6.45) is 1.14. The second-order valence-corrected chi connectivity index (χ2v) is 4.98. The van der Waals surface area contributed by atoms with Crippen molar-refractivity contribution >= 4 is 12.0 Å². The summed E-state index contributed by atoms with van der Waals surface area (Å²) in [5, 5.41) is 2.76. The summed E-state index contributed by atoms with van der Waals surface area (Å²) in [5.74, 6) is -0.424. The van der Waals surface area contributed by atoms with E-state index in [2.05, 4.69) is 23.7 Å². The molecular formula is C14H25N3O3. The van der Waals surface area contributed by atoms with Crippen LogP contribution in [0.25, 0.3) is 0 Å². The maximum Gasteiger partial charge on any atom is 0.333 e. The first-order valence-corrected chi connectivity index (χ1v) is 7.12. The Bertz CT molecular complexity index is 350. The molecule has 0 spiro atoms. The SMILES string of the molecule is C=C(C)C(=O)OCCNC(=O)N1CCN(CCC)CC1. The fraction of sp³-hybridized carbons (Fsp3) is 0.714. The van der Waals surface area contributed by atoms with Crippen LogP contribution in [0.5, 0.6) is 0 Å². The molecule has 6 nitrogen and oxygen atoms in total. The van der Waals surface area contributed by atoms with Gasteiger partial charge in [-0.1, -0.05) is 13.5 Å². The van der Waals surface area contributed by atoms with Crippen LogP contribution in [0.3, 0.4) is 0 Å². The molecule has 0 aromatic heterocycles. The second kappa shape index (κ2) is 8.58. The van der Waals surface area contributed by atoms with E-state index in [1.54, 1.807) is 11.8 Å². The molecule has 1 fully saturated rings. The van der Waals surface area contributed by atoms with Crippen molar-refractivity contribution in [3.05, 3.63) is 12.2 Å². The van der Waals surface area contributed by atoms with Crippen LogP contribution in [0.4, 0.5) is 4.79 Å². The summed E-state index contributed by atoms with van der Waals surface area (Å²) >= 11 is 0. The molecule has 1 rings (SSSR count). The molecule has 0 aromatic rings. The molecule has 1 heterocycles. The number of ether oxygens (including phenoxy) is 1. The number of amides is 2. The Balaban J connectivity index is 2.14. The number of nitrogens with zero attached hydrogens (tertiary/aromatic N) is 2. The van der Waals surface area contributed by atoms with Gasteiger partial charge in [-0.3, -0.25) is 4.90 Å². The van der Waals surface area contributed by atoms with E-state index in [1.165, 1.54) is 0 Å². The first kappa shape index (κ1) is 16.5. The highest BCUT2D eigenvalue weighted by Crippen LogP contribution is 2.02. The van der Waals surface area contributed by atoms with Gasteiger partial charge in [-0.05, 0) is 19.9 Å².